The summed E-state index contributed by atoms with van der Waals surface area (Å²) in [5, 5.41) is 2.84. The average molecular weight is 555 g/mol. The highest BCUT2D eigenvalue weighted by atomic mass is 79.9. The smallest absolute Gasteiger partial charge is 0.260 e. The van der Waals surface area contributed by atoms with Crippen LogP contribution in [0.2, 0.25) is 25.7 Å². The fourth-order valence-electron chi connectivity index (χ4n) is 3.43. The van der Waals surface area contributed by atoms with Gasteiger partial charge in [-0.25, -0.2) is 0 Å². The normalized spacial score (nSPS) is 23.6. The van der Waals surface area contributed by atoms with Crippen LogP contribution in [0.5, 0.6) is 0 Å². The lowest BCUT2D eigenvalue weighted by Gasteiger charge is -2.39. The number of nitrogens with one attached hydrogen (secondary N) is 1. The Morgan fingerprint density at radius 2 is 1.88 bits per heavy atom. The van der Waals surface area contributed by atoms with Gasteiger partial charge in [0.15, 0.2) is 5.54 Å². The van der Waals surface area contributed by atoms with E-state index in [-0.39, 0.29) is 24.5 Å². The number of hydrogen-bond donors (Lipinski definition) is 1. The fourth-order valence-corrected chi connectivity index (χ4v) is 6.58. The van der Waals surface area contributed by atoms with Crippen molar-refractivity contribution in [3.05, 3.63) is 25.0 Å². The molecule has 2 atom stereocenters. The van der Waals surface area contributed by atoms with Crippen molar-refractivity contribution in [1.29, 1.82) is 0 Å². The van der Waals surface area contributed by atoms with E-state index in [4.69, 9.17) is 4.74 Å². The second-order valence-corrected chi connectivity index (χ2v) is 15.6. The summed E-state index contributed by atoms with van der Waals surface area (Å²) in [7, 11) is 0.141. The van der Waals surface area contributed by atoms with Gasteiger partial charge in [0.1, 0.15) is 6.23 Å². The first-order valence-corrected chi connectivity index (χ1v) is 14.0. The predicted octanol–water partition coefficient (Wildman–Crippen LogP) is 4.35. The van der Waals surface area contributed by atoms with E-state index in [1.54, 1.807) is 12.0 Å². The zero-order chi connectivity index (χ0) is 18.7. The molecular formula is C16H19Br3N2O3Si. The molecule has 0 bridgehead atoms. The number of carbonyl (C=O) groups is 2. The predicted molar refractivity (Wildman–Crippen MR) is 110 cm³/mol. The Bertz CT molecular complexity index is 771. The van der Waals surface area contributed by atoms with Gasteiger partial charge < -0.3 is 10.1 Å². The van der Waals surface area contributed by atoms with Crippen LogP contribution >= 0.6 is 47.8 Å². The first kappa shape index (κ1) is 19.5. The van der Waals surface area contributed by atoms with E-state index >= 15 is 0 Å². The SMILES string of the molecule is COC(C[Si](C)(C)C)N1C(=O)C2(CC(=O)N2)c2c1cc(Br)c(Br)c2Br. The van der Waals surface area contributed by atoms with Crippen LogP contribution in [0.1, 0.15) is 12.0 Å². The van der Waals surface area contributed by atoms with E-state index in [1.807, 2.05) is 6.07 Å². The molecule has 9 heteroatoms. The molecule has 3 rings (SSSR count). The maximum absolute atomic E-state index is 13.4. The second-order valence-electron chi connectivity index (χ2n) is 7.64. The lowest BCUT2D eigenvalue weighted by Crippen LogP contribution is -2.64. The molecule has 25 heavy (non-hydrogen) atoms. The van der Waals surface area contributed by atoms with Crippen molar-refractivity contribution >= 4 is 73.4 Å². The highest BCUT2D eigenvalue weighted by Gasteiger charge is 2.61. The molecule has 2 aliphatic rings. The molecule has 0 aromatic heterocycles. The molecule has 0 saturated carbocycles. The molecule has 2 amide bonds. The summed E-state index contributed by atoms with van der Waals surface area (Å²) in [6.45, 7) is 6.73. The Labute approximate surface area is 173 Å². The monoisotopic (exact) mass is 552 g/mol. The average Bonchev–Trinajstić information content (AvgIpc) is 2.71. The van der Waals surface area contributed by atoms with Crippen molar-refractivity contribution in [3.63, 3.8) is 0 Å². The van der Waals surface area contributed by atoms with Gasteiger partial charge in [0.2, 0.25) is 5.91 Å². The van der Waals surface area contributed by atoms with Gasteiger partial charge in [0, 0.05) is 34.2 Å². The highest BCUT2D eigenvalue weighted by molar-refractivity contribution is 9.14. The number of hydrogen-bond acceptors (Lipinski definition) is 3. The van der Waals surface area contributed by atoms with Crippen LogP contribution in [-0.2, 0) is 19.9 Å². The number of methoxy groups -OCH3 is 1. The number of rotatable bonds is 4. The van der Waals surface area contributed by atoms with Gasteiger partial charge in [-0.15, -0.1) is 0 Å². The maximum Gasteiger partial charge on any atom is 0.260 e. The Morgan fingerprint density at radius 1 is 1.28 bits per heavy atom. The lowest BCUT2D eigenvalue weighted by molar-refractivity contribution is -0.143. The molecule has 5 nitrogen and oxygen atoms in total. The maximum atomic E-state index is 13.4. The number of amides is 2. The van der Waals surface area contributed by atoms with Gasteiger partial charge in [-0.05, 0) is 59.9 Å². The van der Waals surface area contributed by atoms with Gasteiger partial charge in [0.25, 0.3) is 5.91 Å². The van der Waals surface area contributed by atoms with Gasteiger partial charge in [0.05, 0.1) is 12.1 Å². The zero-order valence-electron chi connectivity index (χ0n) is 14.4. The summed E-state index contributed by atoms with van der Waals surface area (Å²) in [6, 6.07) is 2.72. The first-order valence-electron chi connectivity index (χ1n) is 7.87. The topological polar surface area (TPSA) is 58.6 Å². The molecule has 1 spiro atoms. The van der Waals surface area contributed by atoms with Gasteiger partial charge >= 0.3 is 0 Å². The Kier molecular flexibility index (Phi) is 5.03. The third kappa shape index (κ3) is 3.05. The zero-order valence-corrected chi connectivity index (χ0v) is 20.1. The summed E-state index contributed by atoms with van der Waals surface area (Å²) in [4.78, 5) is 26.8. The molecule has 0 aliphatic carbocycles. The first-order chi connectivity index (χ1) is 11.5. The van der Waals surface area contributed by atoms with Gasteiger partial charge in [-0.3, -0.25) is 14.5 Å². The Hall–Kier alpha value is -0.223. The van der Waals surface area contributed by atoms with Crippen molar-refractivity contribution < 1.29 is 14.3 Å². The minimum absolute atomic E-state index is 0.119. The van der Waals surface area contributed by atoms with Crippen molar-refractivity contribution in [1.82, 2.24) is 5.32 Å². The molecule has 1 saturated heterocycles. The van der Waals surface area contributed by atoms with Crippen molar-refractivity contribution in [2.24, 2.45) is 0 Å². The molecule has 2 heterocycles. The summed E-state index contributed by atoms with van der Waals surface area (Å²) in [6.07, 6.45) is -0.194. The molecule has 1 aromatic rings. The summed E-state index contributed by atoms with van der Waals surface area (Å²) in [5.74, 6) is -0.246. The molecule has 2 unspecified atom stereocenters. The van der Waals surface area contributed by atoms with Crippen molar-refractivity contribution in [2.75, 3.05) is 12.0 Å². The van der Waals surface area contributed by atoms with Crippen molar-refractivity contribution in [2.45, 2.75) is 43.9 Å². The summed E-state index contributed by atoms with van der Waals surface area (Å²) < 4.78 is 8.15. The largest absolute Gasteiger partial charge is 0.361 e. The number of β-lactam (4-membered cyclic amide) rings is 1. The van der Waals surface area contributed by atoms with Crippen LogP contribution < -0.4 is 10.2 Å². The van der Waals surface area contributed by atoms with Crippen molar-refractivity contribution in [3.8, 4) is 0 Å². The van der Waals surface area contributed by atoms with Gasteiger partial charge in [-0.2, -0.15) is 0 Å². The van der Waals surface area contributed by atoms with Crippen LogP contribution in [-0.4, -0.2) is 33.2 Å². The van der Waals surface area contributed by atoms with E-state index in [0.717, 1.165) is 30.7 Å². The summed E-state index contributed by atoms with van der Waals surface area (Å²) in [5.41, 5.74) is 0.576. The second kappa shape index (κ2) is 6.44. The molecule has 1 fully saturated rings. The van der Waals surface area contributed by atoms with Crippen LogP contribution in [0.4, 0.5) is 5.69 Å². The molecule has 136 valence electrons. The van der Waals surface area contributed by atoms with Crippen LogP contribution in [0.3, 0.4) is 0 Å². The van der Waals surface area contributed by atoms with Crippen LogP contribution in [0.25, 0.3) is 0 Å². The number of carbonyl (C=O) groups excluding carboxylic acids is 2. The number of nitrogens with zero attached hydrogens (tertiary/aromatic N) is 1. The van der Waals surface area contributed by atoms with E-state index in [2.05, 4.69) is 72.7 Å². The molecule has 2 aliphatic heterocycles. The Balaban J connectivity index is 2.17. The molecule has 1 aromatic carbocycles. The third-order valence-corrected chi connectivity index (χ3v) is 9.42. The van der Waals surface area contributed by atoms with E-state index in [1.165, 1.54) is 0 Å². The fraction of sp³-hybridized carbons (Fsp3) is 0.500. The number of anilines is 1. The van der Waals surface area contributed by atoms with Crippen LogP contribution in [0, 0.1) is 0 Å². The van der Waals surface area contributed by atoms with E-state index in [0.29, 0.717) is 0 Å². The summed E-state index contributed by atoms with van der Waals surface area (Å²) >= 11 is 10.7. The number of fused-ring (bicyclic) bond motifs is 2. The van der Waals surface area contributed by atoms with E-state index < -0.39 is 13.6 Å². The highest BCUT2D eigenvalue weighted by Crippen LogP contribution is 2.54. The molecular weight excluding hydrogens is 536 g/mol. The quantitative estimate of drug-likeness (QED) is 0.342. The lowest BCUT2D eigenvalue weighted by atomic mass is 9.81. The van der Waals surface area contributed by atoms with Gasteiger partial charge in [-0.1, -0.05) is 19.6 Å². The van der Waals surface area contributed by atoms with Crippen LogP contribution in [0.15, 0.2) is 19.5 Å². The van der Waals surface area contributed by atoms with E-state index in [9.17, 15) is 9.59 Å². The molecule has 1 N–H and O–H groups in total. The molecule has 0 radical (unpaired) electrons. The minimum atomic E-state index is -1.49. The minimum Gasteiger partial charge on any atom is -0.361 e. The number of halogens is 3. The third-order valence-electron chi connectivity index (χ3n) is 4.54. The standard InChI is InChI=1S/C16H19Br3N2O3Si/c1-24-11(7-25(2,3)4)21-9-5-8(17)13(18)14(19)12(9)16(15(21)23)6-10(22)20-16/h5,11H,6-7H2,1-4H3,(H,20,22). The Morgan fingerprint density at radius 3 is 2.36 bits per heavy atom. The number of ether oxygens (including phenoxy) is 1. The number of benzene rings is 1.